The van der Waals surface area contributed by atoms with Crippen molar-refractivity contribution in [3.05, 3.63) is 60.0 Å². The molecule has 26 heavy (non-hydrogen) atoms. The van der Waals surface area contributed by atoms with Crippen LogP contribution in [-0.4, -0.2) is 28.8 Å². The maximum absolute atomic E-state index is 12.1. The Morgan fingerprint density at radius 3 is 2.31 bits per heavy atom. The summed E-state index contributed by atoms with van der Waals surface area (Å²) in [5.74, 6) is 0.482. The Morgan fingerprint density at radius 1 is 0.885 bits per heavy atom. The fraction of sp³-hybridized carbons (Fsp3) is 0.0588. The number of nitrogens with one attached hydrogen (secondary N) is 2. The van der Waals surface area contributed by atoms with Gasteiger partial charge in [0.15, 0.2) is 11.5 Å². The Morgan fingerprint density at radius 2 is 1.58 bits per heavy atom. The first-order chi connectivity index (χ1) is 12.7. The van der Waals surface area contributed by atoms with Gasteiger partial charge < -0.3 is 13.9 Å². The third-order valence-electron chi connectivity index (χ3n) is 3.68. The minimum Gasteiger partial charge on any atom is -0.454 e. The second-order valence-corrected chi connectivity index (χ2v) is 5.30. The van der Waals surface area contributed by atoms with Gasteiger partial charge in [-0.3, -0.25) is 20.4 Å². The molecule has 1 aliphatic rings. The lowest BCUT2D eigenvalue weighted by molar-refractivity contribution is 0.0846. The summed E-state index contributed by atoms with van der Waals surface area (Å²) in [6, 6.07) is 11.3. The van der Waals surface area contributed by atoms with Gasteiger partial charge >= 0.3 is 0 Å². The first kappa shape index (κ1) is 15.6. The average Bonchev–Trinajstić information content (AvgIpc) is 3.37. The molecule has 9 heteroatoms. The molecule has 2 heterocycles. The van der Waals surface area contributed by atoms with Crippen molar-refractivity contribution in [2.75, 3.05) is 6.79 Å². The van der Waals surface area contributed by atoms with E-state index in [1.807, 2.05) is 0 Å². The molecule has 0 saturated carbocycles. The number of benzene rings is 2. The summed E-state index contributed by atoms with van der Waals surface area (Å²) < 4.78 is 15.5. The second-order valence-electron chi connectivity index (χ2n) is 5.30. The average molecular weight is 352 g/mol. The van der Waals surface area contributed by atoms with Crippen molar-refractivity contribution in [1.29, 1.82) is 0 Å². The number of carbonyl (C=O) groups is 2. The Hall–Kier alpha value is -3.88. The molecule has 0 aliphatic carbocycles. The van der Waals surface area contributed by atoms with Crippen LogP contribution in [0, 0.1) is 0 Å². The Bertz CT molecular complexity index is 954. The molecule has 9 nitrogen and oxygen atoms in total. The molecule has 4 rings (SSSR count). The van der Waals surface area contributed by atoms with Gasteiger partial charge in [-0.1, -0.05) is 0 Å². The van der Waals surface area contributed by atoms with E-state index in [1.54, 1.807) is 42.5 Å². The zero-order valence-electron chi connectivity index (χ0n) is 13.3. The summed E-state index contributed by atoms with van der Waals surface area (Å²) in [7, 11) is 0. The number of hydrazine groups is 1. The van der Waals surface area contributed by atoms with Crippen LogP contribution in [0.3, 0.4) is 0 Å². The molecule has 0 saturated heterocycles. The molecule has 0 radical (unpaired) electrons. The zero-order valence-corrected chi connectivity index (χ0v) is 13.3. The maximum Gasteiger partial charge on any atom is 0.269 e. The smallest absolute Gasteiger partial charge is 0.269 e. The Kier molecular flexibility index (Phi) is 3.94. The van der Waals surface area contributed by atoms with Gasteiger partial charge in [-0.2, -0.15) is 0 Å². The number of aromatic nitrogens is 2. The molecule has 2 N–H and O–H groups in total. The number of hydrogen-bond donors (Lipinski definition) is 2. The van der Waals surface area contributed by atoms with Crippen LogP contribution in [0.5, 0.6) is 11.5 Å². The molecule has 0 atom stereocenters. The fourth-order valence-corrected chi connectivity index (χ4v) is 2.36. The van der Waals surface area contributed by atoms with Crippen molar-refractivity contribution in [2.45, 2.75) is 0 Å². The van der Waals surface area contributed by atoms with E-state index in [1.165, 1.54) is 6.39 Å². The molecule has 3 aromatic rings. The Labute approximate surface area is 146 Å². The van der Waals surface area contributed by atoms with Crippen molar-refractivity contribution in [1.82, 2.24) is 21.0 Å². The lowest BCUT2D eigenvalue weighted by atomic mass is 10.1. The number of amides is 2. The largest absolute Gasteiger partial charge is 0.454 e. The molecule has 1 aromatic heterocycles. The van der Waals surface area contributed by atoms with Crippen LogP contribution in [0.2, 0.25) is 0 Å². The van der Waals surface area contributed by atoms with Gasteiger partial charge in [-0.15, -0.1) is 10.2 Å². The quantitative estimate of drug-likeness (QED) is 0.687. The van der Waals surface area contributed by atoms with Crippen molar-refractivity contribution in [3.8, 4) is 23.0 Å². The first-order valence-corrected chi connectivity index (χ1v) is 7.57. The third-order valence-corrected chi connectivity index (χ3v) is 3.68. The predicted molar refractivity (Wildman–Crippen MR) is 87.2 cm³/mol. The lowest BCUT2D eigenvalue weighted by Gasteiger charge is -2.08. The van der Waals surface area contributed by atoms with E-state index in [2.05, 4.69) is 21.0 Å². The number of ether oxygens (including phenoxy) is 2. The van der Waals surface area contributed by atoms with Crippen molar-refractivity contribution in [2.24, 2.45) is 0 Å². The van der Waals surface area contributed by atoms with E-state index >= 15 is 0 Å². The van der Waals surface area contributed by atoms with Crippen LogP contribution < -0.4 is 20.3 Å². The monoisotopic (exact) mass is 352 g/mol. The molecule has 0 spiro atoms. The second kappa shape index (κ2) is 6.55. The van der Waals surface area contributed by atoms with Gasteiger partial charge in [0, 0.05) is 16.7 Å². The fourth-order valence-electron chi connectivity index (χ4n) is 2.36. The summed E-state index contributed by atoms with van der Waals surface area (Å²) in [5.41, 5.74) is 6.09. The SMILES string of the molecule is O=C(NNC(=O)c1ccc2c(c1)OCO2)c1ccc(-c2nnco2)cc1. The van der Waals surface area contributed by atoms with Crippen LogP contribution in [0.15, 0.2) is 53.3 Å². The molecule has 2 aromatic carbocycles. The van der Waals surface area contributed by atoms with Crippen molar-refractivity contribution < 1.29 is 23.5 Å². The van der Waals surface area contributed by atoms with Crippen LogP contribution in [0.25, 0.3) is 11.5 Å². The number of carbonyl (C=O) groups excluding carboxylic acids is 2. The predicted octanol–water partition coefficient (Wildman–Crippen LogP) is 1.54. The minimum absolute atomic E-state index is 0.122. The van der Waals surface area contributed by atoms with Gasteiger partial charge in [-0.25, -0.2) is 0 Å². The summed E-state index contributed by atoms with van der Waals surface area (Å²) in [5, 5.41) is 7.38. The van der Waals surface area contributed by atoms with E-state index in [0.717, 1.165) is 0 Å². The van der Waals surface area contributed by atoms with Gasteiger partial charge in [0.2, 0.25) is 19.1 Å². The summed E-state index contributed by atoms with van der Waals surface area (Å²) >= 11 is 0. The van der Waals surface area contributed by atoms with Crippen LogP contribution in [0.1, 0.15) is 20.7 Å². The number of hydrogen-bond acceptors (Lipinski definition) is 7. The molecular formula is C17H12N4O5. The number of fused-ring (bicyclic) bond motifs is 1. The normalized spacial score (nSPS) is 11.8. The first-order valence-electron chi connectivity index (χ1n) is 7.57. The van der Waals surface area contributed by atoms with Gasteiger partial charge in [-0.05, 0) is 42.5 Å². The number of nitrogens with zero attached hydrogens (tertiary/aromatic N) is 2. The zero-order chi connectivity index (χ0) is 17.9. The highest BCUT2D eigenvalue weighted by molar-refractivity contribution is 5.99. The number of rotatable bonds is 3. The van der Waals surface area contributed by atoms with E-state index in [4.69, 9.17) is 13.9 Å². The minimum atomic E-state index is -0.473. The van der Waals surface area contributed by atoms with Crippen LogP contribution >= 0.6 is 0 Å². The molecule has 1 aliphatic heterocycles. The summed E-state index contributed by atoms with van der Waals surface area (Å²) in [6.45, 7) is 0.122. The van der Waals surface area contributed by atoms with Gasteiger partial charge in [0.1, 0.15) is 0 Å². The third kappa shape index (κ3) is 3.05. The highest BCUT2D eigenvalue weighted by Gasteiger charge is 2.16. The molecule has 0 fully saturated rings. The van der Waals surface area contributed by atoms with E-state index in [0.29, 0.717) is 34.1 Å². The van der Waals surface area contributed by atoms with Crippen molar-refractivity contribution in [3.63, 3.8) is 0 Å². The highest BCUT2D eigenvalue weighted by Crippen LogP contribution is 2.32. The van der Waals surface area contributed by atoms with Gasteiger partial charge in [0.05, 0.1) is 0 Å². The van der Waals surface area contributed by atoms with E-state index < -0.39 is 11.8 Å². The molecule has 130 valence electrons. The maximum atomic E-state index is 12.1. The molecule has 0 unspecified atom stereocenters. The molecule has 2 amide bonds. The van der Waals surface area contributed by atoms with Gasteiger partial charge in [0.25, 0.3) is 11.8 Å². The van der Waals surface area contributed by atoms with Crippen LogP contribution in [-0.2, 0) is 0 Å². The highest BCUT2D eigenvalue weighted by atomic mass is 16.7. The molecular weight excluding hydrogens is 340 g/mol. The van der Waals surface area contributed by atoms with Crippen LogP contribution in [0.4, 0.5) is 0 Å². The lowest BCUT2D eigenvalue weighted by Crippen LogP contribution is -2.41. The van der Waals surface area contributed by atoms with E-state index in [-0.39, 0.29) is 6.79 Å². The van der Waals surface area contributed by atoms with Crippen molar-refractivity contribution >= 4 is 11.8 Å². The Balaban J connectivity index is 1.38. The molecule has 0 bridgehead atoms. The summed E-state index contributed by atoms with van der Waals surface area (Å²) in [4.78, 5) is 24.3. The standard InChI is InChI=1S/C17H12N4O5/c22-15(10-1-3-11(4-2-10)17-21-18-8-24-17)19-20-16(23)12-5-6-13-14(7-12)26-9-25-13/h1-8H,9H2,(H,19,22)(H,20,23). The topological polar surface area (TPSA) is 116 Å². The summed E-state index contributed by atoms with van der Waals surface area (Å²) in [6.07, 6.45) is 1.22. The van der Waals surface area contributed by atoms with E-state index in [9.17, 15) is 9.59 Å².